The number of benzene rings is 2. The van der Waals surface area contributed by atoms with Gasteiger partial charge in [-0.25, -0.2) is 0 Å². The molecule has 190 valence electrons. The number of fused-ring (bicyclic) bond motifs is 3. The Balaban J connectivity index is 1.38. The van der Waals surface area contributed by atoms with E-state index in [1.54, 1.807) is 38.5 Å². The third-order valence-corrected chi connectivity index (χ3v) is 8.22. The summed E-state index contributed by atoms with van der Waals surface area (Å²) in [7, 11) is 3.26. The summed E-state index contributed by atoms with van der Waals surface area (Å²) in [4.78, 5) is 41.1. The normalized spacial score (nSPS) is 23.5. The molecule has 2 heterocycles. The summed E-state index contributed by atoms with van der Waals surface area (Å²) in [6.45, 7) is 1.89. The zero-order valence-corrected chi connectivity index (χ0v) is 20.8. The van der Waals surface area contributed by atoms with Gasteiger partial charge in [0.2, 0.25) is 0 Å². The maximum absolute atomic E-state index is 12.8. The molecule has 1 aliphatic carbocycles. The fraction of sp³-hybridized carbons (Fsp3) is 0.464. The summed E-state index contributed by atoms with van der Waals surface area (Å²) >= 11 is 0. The van der Waals surface area contributed by atoms with Gasteiger partial charge in [0, 0.05) is 25.2 Å². The molecule has 1 N–H and O–H groups in total. The number of hydrogen-bond donors (Lipinski definition) is 1. The second-order valence-electron chi connectivity index (χ2n) is 9.91. The van der Waals surface area contributed by atoms with E-state index in [0.717, 1.165) is 25.8 Å². The number of aliphatic carboxylic acids is 1. The van der Waals surface area contributed by atoms with Gasteiger partial charge in [-0.05, 0) is 73.9 Å². The maximum atomic E-state index is 12.8. The van der Waals surface area contributed by atoms with Gasteiger partial charge >= 0.3 is 5.97 Å². The fourth-order valence-corrected chi connectivity index (χ4v) is 6.32. The molecule has 0 atom stereocenters. The molecule has 8 nitrogen and oxygen atoms in total. The van der Waals surface area contributed by atoms with Crippen LogP contribution in [-0.4, -0.2) is 66.5 Å². The molecule has 2 aromatic carbocycles. The number of carboxylic acids is 1. The molecule has 0 radical (unpaired) electrons. The second-order valence-corrected chi connectivity index (χ2v) is 9.91. The Bertz CT molecular complexity index is 1170. The van der Waals surface area contributed by atoms with Crippen LogP contribution >= 0.6 is 0 Å². The minimum atomic E-state index is -0.731. The first-order valence-corrected chi connectivity index (χ1v) is 12.6. The first kappa shape index (κ1) is 24.3. The van der Waals surface area contributed by atoms with Gasteiger partial charge in [0.15, 0.2) is 11.5 Å². The molecule has 0 aromatic heterocycles. The van der Waals surface area contributed by atoms with E-state index in [-0.39, 0.29) is 23.3 Å². The highest BCUT2D eigenvalue weighted by molar-refractivity contribution is 6.21. The Labute approximate surface area is 210 Å². The SMILES string of the molecule is COc1cc2c(cc1OC)[C@]1(CC[C@H](C(=O)O)CC1)N(CCCN1C(=O)c3ccccc3C1=O)CC2. The van der Waals surface area contributed by atoms with E-state index in [9.17, 15) is 19.5 Å². The average molecular weight is 493 g/mol. The molecule has 36 heavy (non-hydrogen) atoms. The lowest BCUT2D eigenvalue weighted by atomic mass is 9.68. The van der Waals surface area contributed by atoms with Crippen molar-refractivity contribution in [1.29, 1.82) is 0 Å². The third-order valence-electron chi connectivity index (χ3n) is 8.22. The number of nitrogens with zero attached hydrogens (tertiary/aromatic N) is 2. The van der Waals surface area contributed by atoms with Gasteiger partial charge in [-0.1, -0.05) is 12.1 Å². The molecule has 1 fully saturated rings. The highest BCUT2D eigenvalue weighted by atomic mass is 16.5. The van der Waals surface area contributed by atoms with Gasteiger partial charge in [0.25, 0.3) is 11.8 Å². The molecule has 2 aromatic rings. The molecular formula is C28H32N2O6. The zero-order valence-electron chi connectivity index (χ0n) is 20.8. The Morgan fingerprint density at radius 3 is 2.19 bits per heavy atom. The second kappa shape index (κ2) is 9.58. The topological polar surface area (TPSA) is 96.4 Å². The number of ether oxygens (including phenoxy) is 2. The van der Waals surface area contributed by atoms with Gasteiger partial charge in [-0.3, -0.25) is 24.2 Å². The van der Waals surface area contributed by atoms with Crippen molar-refractivity contribution in [2.24, 2.45) is 5.92 Å². The van der Waals surface area contributed by atoms with Crippen LogP contribution in [0.5, 0.6) is 11.5 Å². The molecule has 2 aliphatic heterocycles. The number of methoxy groups -OCH3 is 2. The van der Waals surface area contributed by atoms with Crippen molar-refractivity contribution in [2.75, 3.05) is 33.9 Å². The highest BCUT2D eigenvalue weighted by Gasteiger charge is 2.46. The van der Waals surface area contributed by atoms with Crippen LogP contribution in [0.2, 0.25) is 0 Å². The lowest BCUT2D eigenvalue weighted by Gasteiger charge is -2.52. The zero-order chi connectivity index (χ0) is 25.4. The molecular weight excluding hydrogens is 460 g/mol. The van der Waals surface area contributed by atoms with Crippen molar-refractivity contribution in [3.05, 3.63) is 58.7 Å². The summed E-state index contributed by atoms with van der Waals surface area (Å²) in [5.74, 6) is -0.151. The number of amides is 2. The largest absolute Gasteiger partial charge is 0.493 e. The smallest absolute Gasteiger partial charge is 0.306 e. The standard InChI is InChI=1S/C28H32N2O6/c1-35-23-16-19-10-15-29(13-5-14-30-25(31)20-6-3-4-7-21(20)26(30)32)28(22(19)17-24(23)36-2)11-8-18(9-12-28)27(33)34/h3-4,6-7,16-18H,5,8-15H2,1-2H3,(H,33,34)/t18-,28+. The lowest BCUT2D eigenvalue weighted by Crippen LogP contribution is -2.53. The summed E-state index contributed by atoms with van der Waals surface area (Å²) < 4.78 is 11.2. The summed E-state index contributed by atoms with van der Waals surface area (Å²) in [6.07, 6.45) is 4.18. The van der Waals surface area contributed by atoms with Crippen molar-refractivity contribution in [3.8, 4) is 11.5 Å². The van der Waals surface area contributed by atoms with Crippen molar-refractivity contribution in [3.63, 3.8) is 0 Å². The van der Waals surface area contributed by atoms with Crippen molar-refractivity contribution < 1.29 is 29.0 Å². The van der Waals surface area contributed by atoms with Crippen LogP contribution in [-0.2, 0) is 16.8 Å². The Morgan fingerprint density at radius 1 is 1.00 bits per heavy atom. The lowest BCUT2D eigenvalue weighted by molar-refractivity contribution is -0.144. The Hall–Kier alpha value is -3.39. The number of carboxylic acid groups (broad SMARTS) is 1. The summed E-state index contributed by atoms with van der Waals surface area (Å²) in [6, 6.07) is 11.1. The van der Waals surface area contributed by atoms with Gasteiger partial charge in [-0.2, -0.15) is 0 Å². The quantitative estimate of drug-likeness (QED) is 0.589. The van der Waals surface area contributed by atoms with E-state index in [0.29, 0.717) is 55.0 Å². The van der Waals surface area contributed by atoms with Crippen LogP contribution in [0.3, 0.4) is 0 Å². The van der Waals surface area contributed by atoms with Gasteiger partial charge < -0.3 is 14.6 Å². The van der Waals surface area contributed by atoms with Crippen molar-refractivity contribution >= 4 is 17.8 Å². The summed E-state index contributed by atoms with van der Waals surface area (Å²) in [5, 5.41) is 9.60. The number of carbonyl (C=O) groups is 3. The molecule has 3 aliphatic rings. The predicted molar refractivity (Wildman–Crippen MR) is 133 cm³/mol. The van der Waals surface area contributed by atoms with E-state index >= 15 is 0 Å². The molecule has 8 heteroatoms. The first-order chi connectivity index (χ1) is 17.4. The van der Waals surface area contributed by atoms with E-state index < -0.39 is 5.97 Å². The average Bonchev–Trinajstić information content (AvgIpc) is 3.14. The first-order valence-electron chi connectivity index (χ1n) is 12.6. The van der Waals surface area contributed by atoms with Crippen LogP contribution < -0.4 is 9.47 Å². The van der Waals surface area contributed by atoms with Gasteiger partial charge in [0.1, 0.15) is 0 Å². The van der Waals surface area contributed by atoms with Gasteiger partial charge in [0.05, 0.1) is 31.3 Å². The number of hydrogen-bond acceptors (Lipinski definition) is 6. The minimum absolute atomic E-state index is 0.229. The molecule has 0 unspecified atom stereocenters. The van der Waals surface area contributed by atoms with Crippen LogP contribution in [0.15, 0.2) is 36.4 Å². The molecule has 2 amide bonds. The molecule has 5 rings (SSSR count). The maximum Gasteiger partial charge on any atom is 0.306 e. The van der Waals surface area contributed by atoms with Crippen molar-refractivity contribution in [1.82, 2.24) is 9.80 Å². The Morgan fingerprint density at radius 2 is 1.61 bits per heavy atom. The molecule has 0 bridgehead atoms. The third kappa shape index (κ3) is 3.93. The summed E-state index contributed by atoms with van der Waals surface area (Å²) in [5.41, 5.74) is 3.02. The fourth-order valence-electron chi connectivity index (χ4n) is 6.32. The van der Waals surface area contributed by atoms with E-state index in [1.165, 1.54) is 16.0 Å². The number of rotatable bonds is 7. The highest BCUT2D eigenvalue weighted by Crippen LogP contribution is 2.50. The molecule has 1 saturated carbocycles. The molecule has 0 saturated heterocycles. The number of imide groups is 1. The van der Waals surface area contributed by atoms with Crippen LogP contribution in [0.1, 0.15) is 63.9 Å². The van der Waals surface area contributed by atoms with E-state index in [4.69, 9.17) is 9.47 Å². The van der Waals surface area contributed by atoms with Crippen LogP contribution in [0.4, 0.5) is 0 Å². The van der Waals surface area contributed by atoms with Crippen LogP contribution in [0, 0.1) is 5.92 Å². The number of carbonyl (C=O) groups excluding carboxylic acids is 2. The minimum Gasteiger partial charge on any atom is -0.493 e. The van der Waals surface area contributed by atoms with E-state index in [2.05, 4.69) is 17.0 Å². The predicted octanol–water partition coefficient (Wildman–Crippen LogP) is 3.72. The monoisotopic (exact) mass is 492 g/mol. The van der Waals surface area contributed by atoms with Crippen LogP contribution in [0.25, 0.3) is 0 Å². The van der Waals surface area contributed by atoms with Crippen molar-refractivity contribution in [2.45, 2.75) is 44.1 Å². The molecule has 1 spiro atoms. The van der Waals surface area contributed by atoms with E-state index in [1.807, 2.05) is 0 Å². The van der Waals surface area contributed by atoms with Gasteiger partial charge in [-0.15, -0.1) is 0 Å². The Kier molecular flexibility index (Phi) is 6.47.